The van der Waals surface area contributed by atoms with Crippen molar-refractivity contribution in [3.63, 3.8) is 0 Å². The number of benzene rings is 2. The number of nitrogens with zero attached hydrogens (tertiary/aromatic N) is 1. The predicted octanol–water partition coefficient (Wildman–Crippen LogP) is 6.11. The second kappa shape index (κ2) is 11.7. The number of hydrogen-bond donors (Lipinski definition) is 3. The van der Waals surface area contributed by atoms with Crippen LogP contribution in [0, 0.1) is 5.41 Å². The van der Waals surface area contributed by atoms with Crippen molar-refractivity contribution in [3.8, 4) is 5.75 Å². The van der Waals surface area contributed by atoms with Gasteiger partial charge in [-0.3, -0.25) is 9.79 Å². The van der Waals surface area contributed by atoms with E-state index in [2.05, 4.69) is 15.0 Å². The molecule has 0 atom stereocenters. The van der Waals surface area contributed by atoms with Gasteiger partial charge in [0.2, 0.25) is 0 Å². The summed E-state index contributed by atoms with van der Waals surface area (Å²) in [5, 5.41) is 20.6. The molecule has 0 spiro atoms. The number of aliphatic imine (C=N–C) groups is 1. The fourth-order valence-electron chi connectivity index (χ4n) is 4.22. The van der Waals surface area contributed by atoms with E-state index in [-0.39, 0.29) is 30.3 Å². The highest BCUT2D eigenvalue weighted by Crippen LogP contribution is 2.34. The summed E-state index contributed by atoms with van der Waals surface area (Å²) in [7, 11) is 0. The van der Waals surface area contributed by atoms with Crippen molar-refractivity contribution in [3.05, 3.63) is 101 Å². The van der Waals surface area contributed by atoms with Gasteiger partial charge in [0, 0.05) is 47.3 Å². The first-order valence-electron chi connectivity index (χ1n) is 11.8. The molecule has 0 bridgehead atoms. The Morgan fingerprint density at radius 3 is 2.68 bits per heavy atom. The highest BCUT2D eigenvalue weighted by molar-refractivity contribution is 6.25. The predicted molar refractivity (Wildman–Crippen MR) is 142 cm³/mol. The van der Waals surface area contributed by atoms with Gasteiger partial charge >= 0.3 is 6.61 Å². The van der Waals surface area contributed by atoms with Crippen LogP contribution in [0.3, 0.4) is 0 Å². The molecule has 37 heavy (non-hydrogen) atoms. The molecule has 6 nitrogen and oxygen atoms in total. The standard InChI is InChI=1S/C29H27F2N3O3/c1-18(32)15-27(36)23-12-9-21(16-20(23)13-14-35)34-26-6-4-2-3-5-24-25(17-33-28(24)26)19-7-10-22(11-8-19)37-29(30)31/h2-3,5-12,16-17,29,32,34-35H,4,13-15H2,1H3/b3-2-,24-5-,26-6-,32-18?. The summed E-state index contributed by atoms with van der Waals surface area (Å²) in [6.45, 7) is -1.39. The zero-order valence-corrected chi connectivity index (χ0v) is 20.3. The number of hydrogen-bond acceptors (Lipinski definition) is 6. The number of carbonyl (C=O) groups is 1. The molecule has 0 aromatic heterocycles. The minimum absolute atomic E-state index is 0.0390. The SMILES string of the molecule is CC(=N)CC(=O)c1ccc(N/C2=C\C/C=C\C=C3\C(c4ccc(OC(F)F)cc4)=CN=C23)cc1CCO. The van der Waals surface area contributed by atoms with Crippen molar-refractivity contribution in [1.82, 2.24) is 0 Å². The van der Waals surface area contributed by atoms with E-state index in [9.17, 15) is 18.7 Å². The number of Topliss-reactive ketones (excluding diaryl/α,β-unsaturated/α-hetero) is 1. The molecular formula is C29H27F2N3O3. The Bertz CT molecular complexity index is 1350. The van der Waals surface area contributed by atoms with E-state index in [0.717, 1.165) is 33.8 Å². The summed E-state index contributed by atoms with van der Waals surface area (Å²) in [6, 6.07) is 11.8. The van der Waals surface area contributed by atoms with Gasteiger partial charge in [-0.25, -0.2) is 0 Å². The van der Waals surface area contributed by atoms with Crippen LogP contribution in [0.1, 0.15) is 41.3 Å². The maximum Gasteiger partial charge on any atom is 0.387 e. The van der Waals surface area contributed by atoms with E-state index in [1.165, 1.54) is 12.1 Å². The third-order valence-electron chi connectivity index (χ3n) is 5.86. The topological polar surface area (TPSA) is 94.8 Å². The quantitative estimate of drug-likeness (QED) is 0.269. The third-order valence-corrected chi connectivity index (χ3v) is 5.86. The number of nitrogens with one attached hydrogen (secondary N) is 2. The van der Waals surface area contributed by atoms with Crippen molar-refractivity contribution in [1.29, 1.82) is 5.41 Å². The Labute approximate surface area is 213 Å². The number of anilines is 1. The maximum atomic E-state index is 12.6. The van der Waals surface area contributed by atoms with Gasteiger partial charge < -0.3 is 20.6 Å². The summed E-state index contributed by atoms with van der Waals surface area (Å²) in [5.74, 6) is -0.0642. The molecule has 3 N–H and O–H groups in total. The lowest BCUT2D eigenvalue weighted by molar-refractivity contribution is -0.0498. The van der Waals surface area contributed by atoms with E-state index < -0.39 is 6.61 Å². The average Bonchev–Trinajstić information content (AvgIpc) is 3.24. The van der Waals surface area contributed by atoms with Crippen LogP contribution in [0.25, 0.3) is 5.57 Å². The van der Waals surface area contributed by atoms with Gasteiger partial charge in [-0.15, -0.1) is 0 Å². The molecule has 0 radical (unpaired) electrons. The number of carbonyl (C=O) groups excluding carboxylic acids is 1. The number of alkyl halides is 2. The van der Waals surface area contributed by atoms with E-state index in [0.29, 0.717) is 24.0 Å². The van der Waals surface area contributed by atoms with Crippen LogP contribution in [-0.4, -0.2) is 35.5 Å². The first-order valence-corrected chi connectivity index (χ1v) is 11.8. The number of allylic oxidation sites excluding steroid dienone is 6. The molecule has 2 aromatic rings. The van der Waals surface area contributed by atoms with Crippen molar-refractivity contribution < 1.29 is 23.4 Å². The molecule has 8 heteroatoms. The Morgan fingerprint density at radius 1 is 1.19 bits per heavy atom. The average molecular weight is 504 g/mol. The number of ether oxygens (including phenoxy) is 1. The lowest BCUT2D eigenvalue weighted by Crippen LogP contribution is -2.15. The Kier molecular flexibility index (Phi) is 8.20. The molecule has 190 valence electrons. The molecule has 0 unspecified atom stereocenters. The smallest absolute Gasteiger partial charge is 0.387 e. The van der Waals surface area contributed by atoms with Crippen LogP contribution >= 0.6 is 0 Å². The number of halogens is 2. The minimum atomic E-state index is -2.88. The Morgan fingerprint density at radius 2 is 1.97 bits per heavy atom. The van der Waals surface area contributed by atoms with Crippen LogP contribution in [0.15, 0.2) is 89.2 Å². The van der Waals surface area contributed by atoms with Gasteiger partial charge in [-0.2, -0.15) is 8.78 Å². The second-order valence-electron chi connectivity index (χ2n) is 8.64. The molecule has 0 saturated heterocycles. The molecule has 0 saturated carbocycles. The molecule has 0 amide bonds. The van der Waals surface area contributed by atoms with Crippen LogP contribution in [0.4, 0.5) is 14.5 Å². The Hall–Kier alpha value is -4.17. The number of rotatable bonds is 10. The number of aliphatic hydroxyl groups is 1. The first-order chi connectivity index (χ1) is 17.9. The van der Waals surface area contributed by atoms with E-state index in [4.69, 9.17) is 5.41 Å². The Balaban J connectivity index is 1.58. The molecule has 1 heterocycles. The second-order valence-corrected chi connectivity index (χ2v) is 8.64. The lowest BCUT2D eigenvalue weighted by Gasteiger charge is -2.17. The molecule has 4 rings (SSSR count). The van der Waals surface area contributed by atoms with Gasteiger partial charge in [0.1, 0.15) is 5.75 Å². The maximum absolute atomic E-state index is 12.6. The van der Waals surface area contributed by atoms with E-state index >= 15 is 0 Å². The fourth-order valence-corrected chi connectivity index (χ4v) is 4.22. The largest absolute Gasteiger partial charge is 0.435 e. The summed E-state index contributed by atoms with van der Waals surface area (Å²) in [5.41, 5.74) is 6.29. The van der Waals surface area contributed by atoms with Crippen molar-refractivity contribution in [2.45, 2.75) is 32.8 Å². The van der Waals surface area contributed by atoms with E-state index in [1.807, 2.05) is 30.4 Å². The summed E-state index contributed by atoms with van der Waals surface area (Å²) >= 11 is 0. The van der Waals surface area contributed by atoms with Gasteiger partial charge in [-0.1, -0.05) is 36.4 Å². The highest BCUT2D eigenvalue weighted by atomic mass is 19.3. The molecular weight excluding hydrogens is 476 g/mol. The number of fused-ring (bicyclic) bond motifs is 1. The van der Waals surface area contributed by atoms with Gasteiger partial charge in [-0.05, 0) is 61.2 Å². The summed E-state index contributed by atoms with van der Waals surface area (Å²) in [4.78, 5) is 17.2. The van der Waals surface area contributed by atoms with Crippen LogP contribution in [0.2, 0.25) is 0 Å². The monoisotopic (exact) mass is 503 g/mol. The first kappa shape index (κ1) is 25.9. The zero-order valence-electron chi connectivity index (χ0n) is 20.3. The molecule has 0 fully saturated rings. The lowest BCUT2D eigenvalue weighted by atomic mass is 9.93. The normalized spacial score (nSPS) is 18.3. The number of ketones is 1. The molecule has 2 aromatic carbocycles. The van der Waals surface area contributed by atoms with Gasteiger partial charge in [0.15, 0.2) is 5.78 Å². The van der Waals surface area contributed by atoms with E-state index in [1.54, 1.807) is 37.4 Å². The van der Waals surface area contributed by atoms with Crippen molar-refractivity contribution >= 4 is 28.5 Å². The van der Waals surface area contributed by atoms with Gasteiger partial charge in [0.25, 0.3) is 0 Å². The summed E-state index contributed by atoms with van der Waals surface area (Å²) in [6.07, 6.45) is 10.7. The third kappa shape index (κ3) is 6.34. The molecule has 1 aliphatic heterocycles. The fraction of sp³-hybridized carbons (Fsp3) is 0.207. The van der Waals surface area contributed by atoms with Gasteiger partial charge in [0.05, 0.1) is 11.4 Å². The van der Waals surface area contributed by atoms with Crippen LogP contribution < -0.4 is 10.1 Å². The summed E-state index contributed by atoms with van der Waals surface area (Å²) < 4.78 is 29.5. The molecule has 1 aliphatic carbocycles. The molecule has 2 aliphatic rings. The minimum Gasteiger partial charge on any atom is -0.435 e. The number of aliphatic hydroxyl groups excluding tert-OH is 1. The van der Waals surface area contributed by atoms with Crippen molar-refractivity contribution in [2.75, 3.05) is 11.9 Å². The van der Waals surface area contributed by atoms with Crippen LogP contribution in [-0.2, 0) is 6.42 Å². The van der Waals surface area contributed by atoms with Crippen molar-refractivity contribution in [2.24, 2.45) is 4.99 Å². The highest BCUT2D eigenvalue weighted by Gasteiger charge is 2.23. The zero-order chi connectivity index (χ0) is 26.4. The van der Waals surface area contributed by atoms with Crippen LogP contribution in [0.5, 0.6) is 5.75 Å².